The van der Waals surface area contributed by atoms with Crippen molar-refractivity contribution in [2.75, 3.05) is 9.80 Å². The Morgan fingerprint density at radius 1 is 0.317 bits per heavy atom. The molecule has 10 aromatic rings. The quantitative estimate of drug-likeness (QED) is 0.168. The van der Waals surface area contributed by atoms with Gasteiger partial charge in [0.1, 0.15) is 12.1 Å². The minimum Gasteiger partial charge on any atom is -0.309 e. The molecule has 4 heteroatoms. The monoisotopic (exact) mass is 800 g/mol. The molecular formula is C59H36N4. The van der Waals surface area contributed by atoms with Gasteiger partial charge in [-0.15, -0.1) is 0 Å². The molecule has 0 aromatic heterocycles. The zero-order valence-corrected chi connectivity index (χ0v) is 34.1. The van der Waals surface area contributed by atoms with Gasteiger partial charge in [0.25, 0.3) is 0 Å². The number of fused-ring (bicyclic) bond motifs is 14. The second-order valence-corrected chi connectivity index (χ2v) is 16.2. The molecule has 0 aliphatic heterocycles. The molecule has 4 nitrogen and oxygen atoms in total. The molecule has 0 bridgehead atoms. The Hall–Kier alpha value is -8.70. The van der Waals surface area contributed by atoms with Crippen LogP contribution in [0, 0.1) is 22.7 Å². The van der Waals surface area contributed by atoms with Gasteiger partial charge in [0.15, 0.2) is 0 Å². The minimum atomic E-state index is -0.746. The van der Waals surface area contributed by atoms with Crippen molar-refractivity contribution in [2.45, 2.75) is 5.41 Å². The zero-order chi connectivity index (χ0) is 42.1. The fourth-order valence-corrected chi connectivity index (χ4v) is 10.7. The molecule has 0 fully saturated rings. The molecule has 0 radical (unpaired) electrons. The fraction of sp³-hybridized carbons (Fsp3) is 0.0169. The fourth-order valence-electron chi connectivity index (χ4n) is 10.7. The molecule has 292 valence electrons. The van der Waals surface area contributed by atoms with Crippen LogP contribution in [-0.4, -0.2) is 0 Å². The van der Waals surface area contributed by atoms with Crippen LogP contribution in [0.5, 0.6) is 0 Å². The number of benzene rings is 10. The van der Waals surface area contributed by atoms with E-state index in [0.29, 0.717) is 11.1 Å². The second kappa shape index (κ2) is 14.2. The van der Waals surface area contributed by atoms with E-state index in [1.165, 1.54) is 44.5 Å². The van der Waals surface area contributed by atoms with Crippen molar-refractivity contribution in [2.24, 2.45) is 0 Å². The highest BCUT2D eigenvalue weighted by atomic mass is 15.2. The van der Waals surface area contributed by atoms with Crippen molar-refractivity contribution in [1.29, 1.82) is 10.5 Å². The molecule has 12 rings (SSSR count). The van der Waals surface area contributed by atoms with Crippen LogP contribution in [0.2, 0.25) is 0 Å². The van der Waals surface area contributed by atoms with Gasteiger partial charge in [0.05, 0.1) is 39.3 Å². The predicted molar refractivity (Wildman–Crippen MR) is 257 cm³/mol. The summed E-state index contributed by atoms with van der Waals surface area (Å²) in [7, 11) is 0. The molecule has 0 unspecified atom stereocenters. The molecule has 0 saturated heterocycles. The maximum Gasteiger partial charge on any atom is 0.101 e. The van der Waals surface area contributed by atoms with Crippen molar-refractivity contribution in [3.05, 3.63) is 252 Å². The molecular weight excluding hydrogens is 765 g/mol. The standard InChI is InChI=1S/C59H36N4/c60-37-39-19-7-17-33-53(39)62(41-21-3-1-4-22-41)55-35-51-57(47-29-11-9-27-45(47)55)58-48-30-12-10-28-46(48)56(63(42-23-5-2-6-24-42)54-34-18-8-20-40(54)38-61)36-52(58)59(51)49-31-15-13-25-43(49)44-26-14-16-32-50(44)59/h1-36H. The van der Waals surface area contributed by atoms with Gasteiger partial charge in [-0.3, -0.25) is 0 Å². The van der Waals surface area contributed by atoms with Crippen LogP contribution < -0.4 is 9.80 Å². The Balaban J connectivity index is 1.28. The summed E-state index contributed by atoms with van der Waals surface area (Å²) in [5.74, 6) is 0. The molecule has 2 aliphatic rings. The topological polar surface area (TPSA) is 54.1 Å². The summed E-state index contributed by atoms with van der Waals surface area (Å²) in [5, 5.41) is 25.6. The zero-order valence-electron chi connectivity index (χ0n) is 34.1. The third-order valence-corrected chi connectivity index (χ3v) is 13.1. The van der Waals surface area contributed by atoms with Crippen molar-refractivity contribution in [3.63, 3.8) is 0 Å². The van der Waals surface area contributed by atoms with Crippen molar-refractivity contribution in [3.8, 4) is 34.4 Å². The first-order valence-electron chi connectivity index (χ1n) is 21.2. The van der Waals surface area contributed by atoms with Crippen LogP contribution >= 0.6 is 0 Å². The van der Waals surface area contributed by atoms with Gasteiger partial charge in [0, 0.05) is 22.1 Å². The van der Waals surface area contributed by atoms with E-state index in [9.17, 15) is 10.5 Å². The van der Waals surface area contributed by atoms with E-state index in [4.69, 9.17) is 0 Å². The molecule has 63 heavy (non-hydrogen) atoms. The molecule has 10 aromatic carbocycles. The average Bonchev–Trinajstić information content (AvgIpc) is 3.82. The maximum absolute atomic E-state index is 10.6. The Morgan fingerprint density at radius 3 is 1.10 bits per heavy atom. The van der Waals surface area contributed by atoms with E-state index in [-0.39, 0.29) is 0 Å². The summed E-state index contributed by atoms with van der Waals surface area (Å²) in [6.07, 6.45) is 0. The van der Waals surface area contributed by atoms with E-state index >= 15 is 0 Å². The lowest BCUT2D eigenvalue weighted by Gasteiger charge is -2.34. The van der Waals surface area contributed by atoms with Gasteiger partial charge in [-0.05, 0) is 116 Å². The highest BCUT2D eigenvalue weighted by Crippen LogP contribution is 2.67. The van der Waals surface area contributed by atoms with Gasteiger partial charge in [-0.2, -0.15) is 10.5 Å². The minimum absolute atomic E-state index is 0.592. The van der Waals surface area contributed by atoms with Crippen LogP contribution in [0.3, 0.4) is 0 Å². The number of rotatable bonds is 6. The Kier molecular flexibility index (Phi) is 8.16. The average molecular weight is 801 g/mol. The first-order valence-corrected chi connectivity index (χ1v) is 21.2. The van der Waals surface area contributed by atoms with E-state index < -0.39 is 5.41 Å². The molecule has 0 atom stereocenters. The van der Waals surface area contributed by atoms with E-state index in [1.54, 1.807) is 0 Å². The normalized spacial score (nSPS) is 12.5. The predicted octanol–water partition coefficient (Wildman–Crippen LogP) is 15.0. The number of nitriles is 2. The Labute approximate surface area is 366 Å². The van der Waals surface area contributed by atoms with E-state index in [2.05, 4.69) is 192 Å². The van der Waals surface area contributed by atoms with Gasteiger partial charge in [-0.1, -0.05) is 158 Å². The third-order valence-electron chi connectivity index (χ3n) is 13.1. The summed E-state index contributed by atoms with van der Waals surface area (Å²) in [6, 6.07) is 81.8. The third kappa shape index (κ3) is 5.13. The SMILES string of the molecule is N#Cc1ccccc1N(c1ccccc1)c1cc2c(c3ccccc13)-c1c(cc(N(c3ccccc3)c3ccccc3C#N)c3ccccc13)C21c2ccccc2-c2ccccc21. The van der Waals surface area contributed by atoms with Gasteiger partial charge in [0.2, 0.25) is 0 Å². The van der Waals surface area contributed by atoms with Gasteiger partial charge < -0.3 is 9.80 Å². The lowest BCUT2D eigenvalue weighted by atomic mass is 9.70. The number of para-hydroxylation sites is 4. The van der Waals surface area contributed by atoms with Crippen molar-refractivity contribution in [1.82, 2.24) is 0 Å². The summed E-state index contributed by atoms with van der Waals surface area (Å²) >= 11 is 0. The highest BCUT2D eigenvalue weighted by molar-refractivity contribution is 6.19. The highest BCUT2D eigenvalue weighted by Gasteiger charge is 2.53. The van der Waals surface area contributed by atoms with Gasteiger partial charge >= 0.3 is 0 Å². The lowest BCUT2D eigenvalue weighted by molar-refractivity contribution is 0.795. The number of hydrogen-bond donors (Lipinski definition) is 0. The van der Waals surface area contributed by atoms with Gasteiger partial charge in [-0.25, -0.2) is 0 Å². The largest absolute Gasteiger partial charge is 0.309 e. The summed E-state index contributed by atoms with van der Waals surface area (Å²) in [5.41, 5.74) is 15.6. The maximum atomic E-state index is 10.6. The molecule has 0 amide bonds. The van der Waals surface area contributed by atoms with Crippen LogP contribution in [0.25, 0.3) is 43.8 Å². The Bertz CT molecular complexity index is 3320. The molecule has 1 spiro atoms. The second-order valence-electron chi connectivity index (χ2n) is 16.2. The van der Waals surface area contributed by atoms with Crippen LogP contribution in [0.1, 0.15) is 33.4 Å². The van der Waals surface area contributed by atoms with Crippen LogP contribution in [-0.2, 0) is 5.41 Å². The number of nitrogens with zero attached hydrogens (tertiary/aromatic N) is 4. The molecule has 0 heterocycles. The van der Waals surface area contributed by atoms with Crippen LogP contribution in [0.4, 0.5) is 34.1 Å². The summed E-state index contributed by atoms with van der Waals surface area (Å²) in [4.78, 5) is 4.54. The molecule has 2 aliphatic carbocycles. The number of hydrogen-bond acceptors (Lipinski definition) is 4. The van der Waals surface area contributed by atoms with E-state index in [1.807, 2.05) is 48.5 Å². The first kappa shape index (κ1) is 36.2. The van der Waals surface area contributed by atoms with Crippen LogP contribution in [0.15, 0.2) is 218 Å². The van der Waals surface area contributed by atoms with Crippen molar-refractivity contribution >= 4 is 55.7 Å². The summed E-state index contributed by atoms with van der Waals surface area (Å²) < 4.78 is 0. The van der Waals surface area contributed by atoms with E-state index in [0.717, 1.165) is 55.7 Å². The first-order chi connectivity index (χ1) is 31.2. The van der Waals surface area contributed by atoms with Crippen molar-refractivity contribution < 1.29 is 0 Å². The lowest BCUT2D eigenvalue weighted by Crippen LogP contribution is -2.27. The smallest absolute Gasteiger partial charge is 0.101 e. The Morgan fingerprint density at radius 2 is 0.667 bits per heavy atom. The summed E-state index contributed by atoms with van der Waals surface area (Å²) in [6.45, 7) is 0. The molecule has 0 N–H and O–H groups in total. The number of anilines is 6. The molecule has 0 saturated carbocycles.